The number of benzene rings is 1. The number of alkyl halides is 3. The summed E-state index contributed by atoms with van der Waals surface area (Å²) < 4.78 is 44.4. The molecule has 1 aromatic carbocycles. The van der Waals surface area contributed by atoms with E-state index in [4.69, 9.17) is 9.52 Å². The second-order valence-electron chi connectivity index (χ2n) is 5.83. The Morgan fingerprint density at radius 3 is 2.36 bits per heavy atom. The molecule has 2 aromatic rings. The van der Waals surface area contributed by atoms with Gasteiger partial charge < -0.3 is 14.4 Å². The second-order valence-corrected chi connectivity index (χ2v) is 5.83. The SMILES string of the molecule is O=C(O)[C@@H]1CN(C(=O)c2occc2-c2ccccc2)C[C@H]1C(F)(F)F. The minimum atomic E-state index is -4.69. The molecule has 1 fully saturated rings. The van der Waals surface area contributed by atoms with E-state index in [2.05, 4.69) is 0 Å². The third kappa shape index (κ3) is 3.24. The molecular formula is C17H14F3NO4. The molecular weight excluding hydrogens is 339 g/mol. The first-order chi connectivity index (χ1) is 11.8. The van der Waals surface area contributed by atoms with Crippen LogP contribution < -0.4 is 0 Å². The Kier molecular flexibility index (Phi) is 4.28. The maximum absolute atomic E-state index is 13.1. The van der Waals surface area contributed by atoms with E-state index in [-0.39, 0.29) is 5.76 Å². The number of nitrogens with zero attached hydrogens (tertiary/aromatic N) is 1. The van der Waals surface area contributed by atoms with Gasteiger partial charge in [-0.15, -0.1) is 0 Å². The molecule has 3 rings (SSSR count). The van der Waals surface area contributed by atoms with Gasteiger partial charge in [0.15, 0.2) is 5.76 Å². The lowest BCUT2D eigenvalue weighted by molar-refractivity contribution is -0.187. The van der Waals surface area contributed by atoms with Crippen LogP contribution in [0.1, 0.15) is 10.6 Å². The van der Waals surface area contributed by atoms with Crippen LogP contribution in [0, 0.1) is 11.8 Å². The standard InChI is InChI=1S/C17H14F3NO4/c18-17(19,20)13-9-21(8-12(13)16(23)24)15(22)14-11(6-7-25-14)10-4-2-1-3-5-10/h1-7,12-13H,8-9H2,(H,23,24)/t12-,13-/m1/s1. The van der Waals surface area contributed by atoms with Crippen molar-refractivity contribution in [3.05, 3.63) is 48.4 Å². The monoisotopic (exact) mass is 353 g/mol. The maximum atomic E-state index is 13.1. The van der Waals surface area contributed by atoms with Gasteiger partial charge in [-0.2, -0.15) is 13.2 Å². The van der Waals surface area contributed by atoms with Crippen LogP contribution in [0.15, 0.2) is 47.1 Å². The Hall–Kier alpha value is -2.77. The third-order valence-electron chi connectivity index (χ3n) is 4.29. The summed E-state index contributed by atoms with van der Waals surface area (Å²) in [4.78, 5) is 24.6. The first-order valence-electron chi connectivity index (χ1n) is 7.50. The van der Waals surface area contributed by atoms with Gasteiger partial charge in [-0.1, -0.05) is 30.3 Å². The van der Waals surface area contributed by atoms with Gasteiger partial charge in [0.05, 0.1) is 18.1 Å². The molecule has 1 saturated heterocycles. The van der Waals surface area contributed by atoms with E-state index < -0.39 is 43.0 Å². The number of hydrogen-bond donors (Lipinski definition) is 1. The van der Waals surface area contributed by atoms with Crippen LogP contribution >= 0.6 is 0 Å². The Morgan fingerprint density at radius 2 is 1.80 bits per heavy atom. The Labute approximate surface area is 140 Å². The van der Waals surface area contributed by atoms with Gasteiger partial charge in [-0.25, -0.2) is 0 Å². The molecule has 2 heterocycles. The molecule has 8 heteroatoms. The normalized spacial score (nSPS) is 20.7. The average molecular weight is 353 g/mol. The summed E-state index contributed by atoms with van der Waals surface area (Å²) in [5.74, 6) is -6.19. The number of likely N-dealkylation sites (tertiary alicyclic amines) is 1. The third-order valence-corrected chi connectivity index (χ3v) is 4.29. The van der Waals surface area contributed by atoms with Crippen molar-refractivity contribution in [1.82, 2.24) is 4.90 Å². The van der Waals surface area contributed by atoms with Crippen molar-refractivity contribution >= 4 is 11.9 Å². The predicted octanol–water partition coefficient (Wildman–Crippen LogP) is 3.28. The highest BCUT2D eigenvalue weighted by atomic mass is 19.4. The van der Waals surface area contributed by atoms with Gasteiger partial charge in [0, 0.05) is 18.7 Å². The first kappa shape index (κ1) is 17.1. The molecule has 1 aliphatic rings. The highest BCUT2D eigenvalue weighted by Crippen LogP contribution is 2.38. The zero-order valence-electron chi connectivity index (χ0n) is 12.9. The zero-order chi connectivity index (χ0) is 18.2. The van der Waals surface area contributed by atoms with Gasteiger partial charge in [0.2, 0.25) is 0 Å². The smallest absolute Gasteiger partial charge is 0.394 e. The fourth-order valence-electron chi connectivity index (χ4n) is 3.02. The molecule has 1 aliphatic heterocycles. The van der Waals surface area contributed by atoms with E-state index in [1.54, 1.807) is 36.4 Å². The van der Waals surface area contributed by atoms with Crippen LogP contribution in [0.2, 0.25) is 0 Å². The maximum Gasteiger partial charge on any atom is 0.394 e. The molecule has 1 aromatic heterocycles. The number of rotatable bonds is 3. The van der Waals surface area contributed by atoms with Crippen molar-refractivity contribution in [3.8, 4) is 11.1 Å². The lowest BCUT2D eigenvalue weighted by Crippen LogP contribution is -2.34. The van der Waals surface area contributed by atoms with Crippen molar-refractivity contribution in [2.45, 2.75) is 6.18 Å². The van der Waals surface area contributed by atoms with Crippen molar-refractivity contribution in [3.63, 3.8) is 0 Å². The van der Waals surface area contributed by atoms with Crippen LogP contribution in [0.4, 0.5) is 13.2 Å². The molecule has 1 N–H and O–H groups in total. The molecule has 0 spiro atoms. The van der Waals surface area contributed by atoms with Crippen molar-refractivity contribution < 1.29 is 32.3 Å². The largest absolute Gasteiger partial charge is 0.481 e. The minimum Gasteiger partial charge on any atom is -0.481 e. The second kappa shape index (κ2) is 6.27. The summed E-state index contributed by atoms with van der Waals surface area (Å²) >= 11 is 0. The van der Waals surface area contributed by atoms with Gasteiger partial charge in [0.25, 0.3) is 5.91 Å². The van der Waals surface area contributed by atoms with E-state index in [1.165, 1.54) is 6.26 Å². The summed E-state index contributed by atoms with van der Waals surface area (Å²) in [6, 6.07) is 10.3. The molecule has 25 heavy (non-hydrogen) atoms. The Balaban J connectivity index is 1.88. The lowest BCUT2D eigenvalue weighted by Gasteiger charge is -2.18. The molecule has 0 unspecified atom stereocenters. The van der Waals surface area contributed by atoms with Gasteiger partial charge >= 0.3 is 12.1 Å². The zero-order valence-corrected chi connectivity index (χ0v) is 12.9. The fraction of sp³-hybridized carbons (Fsp3) is 0.294. The number of carbonyl (C=O) groups excluding carboxylic acids is 1. The summed E-state index contributed by atoms with van der Waals surface area (Å²) in [7, 11) is 0. The topological polar surface area (TPSA) is 70.8 Å². The summed E-state index contributed by atoms with van der Waals surface area (Å²) in [6.45, 7) is -1.21. The van der Waals surface area contributed by atoms with E-state index in [0.29, 0.717) is 11.1 Å². The van der Waals surface area contributed by atoms with Crippen molar-refractivity contribution in [2.24, 2.45) is 11.8 Å². The van der Waals surface area contributed by atoms with Crippen LogP contribution in [-0.4, -0.2) is 41.1 Å². The van der Waals surface area contributed by atoms with Gasteiger partial charge in [-0.3, -0.25) is 9.59 Å². The first-order valence-corrected chi connectivity index (χ1v) is 7.50. The Morgan fingerprint density at radius 1 is 1.12 bits per heavy atom. The number of carboxylic acids is 1. The molecule has 0 saturated carbocycles. The van der Waals surface area contributed by atoms with Crippen molar-refractivity contribution in [1.29, 1.82) is 0 Å². The van der Waals surface area contributed by atoms with Crippen LogP contribution in [0.5, 0.6) is 0 Å². The summed E-state index contributed by atoms with van der Waals surface area (Å²) in [5, 5.41) is 9.05. The molecule has 0 bridgehead atoms. The Bertz CT molecular complexity index is 785. The van der Waals surface area contributed by atoms with Crippen LogP contribution in [0.3, 0.4) is 0 Å². The van der Waals surface area contributed by atoms with Gasteiger partial charge in [-0.05, 0) is 11.6 Å². The van der Waals surface area contributed by atoms with E-state index in [0.717, 1.165) is 4.90 Å². The highest BCUT2D eigenvalue weighted by molar-refractivity contribution is 5.98. The summed E-state index contributed by atoms with van der Waals surface area (Å²) in [6.07, 6.45) is -3.41. The quantitative estimate of drug-likeness (QED) is 0.919. The average Bonchev–Trinajstić information content (AvgIpc) is 3.22. The number of carbonyl (C=O) groups is 2. The van der Waals surface area contributed by atoms with Crippen molar-refractivity contribution in [2.75, 3.05) is 13.1 Å². The predicted molar refractivity (Wildman–Crippen MR) is 80.7 cm³/mol. The molecule has 5 nitrogen and oxygen atoms in total. The summed E-state index contributed by atoms with van der Waals surface area (Å²) in [5.41, 5.74) is 1.13. The molecule has 0 radical (unpaired) electrons. The molecule has 0 aliphatic carbocycles. The number of amides is 1. The van der Waals surface area contributed by atoms with E-state index in [9.17, 15) is 22.8 Å². The lowest BCUT2D eigenvalue weighted by atomic mass is 9.96. The molecule has 132 valence electrons. The number of carboxylic acid groups (broad SMARTS) is 1. The number of aliphatic carboxylic acids is 1. The van der Waals surface area contributed by atoms with Gasteiger partial charge in [0.1, 0.15) is 0 Å². The molecule has 1 amide bonds. The number of halogens is 3. The van der Waals surface area contributed by atoms with E-state index >= 15 is 0 Å². The fourth-order valence-corrected chi connectivity index (χ4v) is 3.02. The highest BCUT2D eigenvalue weighted by Gasteiger charge is 2.53. The van der Waals surface area contributed by atoms with Crippen LogP contribution in [-0.2, 0) is 4.79 Å². The minimum absolute atomic E-state index is 0.0989. The number of furan rings is 1. The van der Waals surface area contributed by atoms with Crippen LogP contribution in [0.25, 0.3) is 11.1 Å². The van der Waals surface area contributed by atoms with E-state index in [1.807, 2.05) is 0 Å². The molecule has 2 atom stereocenters. The number of hydrogen-bond acceptors (Lipinski definition) is 3.